The number of carbonyl (C=O) groups excluding carboxylic acids is 1. The van der Waals surface area contributed by atoms with E-state index in [4.69, 9.17) is 0 Å². The highest BCUT2D eigenvalue weighted by Gasteiger charge is 1.99. The molecule has 72 valence electrons. The lowest BCUT2D eigenvalue weighted by Gasteiger charge is -2.02. The lowest BCUT2D eigenvalue weighted by atomic mass is 10.4. The summed E-state index contributed by atoms with van der Waals surface area (Å²) < 4.78 is 0. The van der Waals surface area contributed by atoms with Crippen molar-refractivity contribution in [2.75, 3.05) is 6.54 Å². The van der Waals surface area contributed by atoms with Gasteiger partial charge in [-0.2, -0.15) is 0 Å². The SMILES string of the molecule is CCNC(=O)NCc1cc(=O)[nH][nH]1. The van der Waals surface area contributed by atoms with Gasteiger partial charge in [-0.3, -0.25) is 9.89 Å². The molecule has 0 fully saturated rings. The van der Waals surface area contributed by atoms with Crippen molar-refractivity contribution in [2.24, 2.45) is 0 Å². The Bertz CT molecular complexity index is 327. The van der Waals surface area contributed by atoms with Gasteiger partial charge in [-0.15, -0.1) is 0 Å². The van der Waals surface area contributed by atoms with E-state index in [0.717, 1.165) is 0 Å². The number of carbonyl (C=O) groups is 1. The molecule has 0 aliphatic heterocycles. The van der Waals surface area contributed by atoms with Crippen molar-refractivity contribution in [3.63, 3.8) is 0 Å². The molecule has 6 heteroatoms. The maximum atomic E-state index is 10.9. The molecule has 0 atom stereocenters. The molecule has 4 N–H and O–H groups in total. The average Bonchev–Trinajstić information content (AvgIpc) is 2.49. The van der Waals surface area contributed by atoms with E-state index in [1.54, 1.807) is 0 Å². The molecule has 6 nitrogen and oxygen atoms in total. The normalized spacial score (nSPS) is 9.62. The van der Waals surface area contributed by atoms with Crippen molar-refractivity contribution >= 4 is 6.03 Å². The molecule has 0 spiro atoms. The largest absolute Gasteiger partial charge is 0.338 e. The van der Waals surface area contributed by atoms with Gasteiger partial charge in [-0.25, -0.2) is 4.79 Å². The Kier molecular flexibility index (Phi) is 3.13. The van der Waals surface area contributed by atoms with Crippen LogP contribution >= 0.6 is 0 Å². The molecule has 0 aromatic carbocycles. The van der Waals surface area contributed by atoms with Gasteiger partial charge in [-0.05, 0) is 6.92 Å². The van der Waals surface area contributed by atoms with Crippen LogP contribution in [0.4, 0.5) is 4.79 Å². The molecule has 2 amide bonds. The van der Waals surface area contributed by atoms with Gasteiger partial charge >= 0.3 is 6.03 Å². The Balaban J connectivity index is 2.35. The van der Waals surface area contributed by atoms with E-state index < -0.39 is 0 Å². The number of urea groups is 1. The van der Waals surface area contributed by atoms with Crippen LogP contribution in [0.2, 0.25) is 0 Å². The quantitative estimate of drug-likeness (QED) is 0.511. The highest BCUT2D eigenvalue weighted by Crippen LogP contribution is 1.84. The van der Waals surface area contributed by atoms with E-state index in [-0.39, 0.29) is 11.6 Å². The second kappa shape index (κ2) is 4.34. The molecule has 1 rings (SSSR count). The third-order valence-corrected chi connectivity index (χ3v) is 1.43. The molecule has 13 heavy (non-hydrogen) atoms. The monoisotopic (exact) mass is 184 g/mol. The number of hydrogen-bond acceptors (Lipinski definition) is 2. The highest BCUT2D eigenvalue weighted by molar-refractivity contribution is 5.73. The van der Waals surface area contributed by atoms with Crippen LogP contribution in [0.5, 0.6) is 0 Å². The standard InChI is InChI=1S/C7H12N4O2/c1-2-8-7(13)9-4-5-3-6(12)11-10-5/h3H,2,4H2,1H3,(H2,8,9,13)(H2,10,11,12). The van der Waals surface area contributed by atoms with Crippen molar-refractivity contribution in [2.45, 2.75) is 13.5 Å². The summed E-state index contributed by atoms with van der Waals surface area (Å²) in [4.78, 5) is 21.5. The molecule has 1 heterocycles. The third kappa shape index (κ3) is 3.02. The van der Waals surface area contributed by atoms with E-state index in [2.05, 4.69) is 20.8 Å². The first-order valence-corrected chi connectivity index (χ1v) is 4.00. The van der Waals surface area contributed by atoms with Crippen LogP contribution in [-0.4, -0.2) is 22.8 Å². The summed E-state index contributed by atoms with van der Waals surface area (Å²) in [6, 6.07) is 1.15. The molecule has 1 aromatic heterocycles. The fraction of sp³-hybridized carbons (Fsp3) is 0.429. The lowest BCUT2D eigenvalue weighted by molar-refractivity contribution is 0.241. The number of nitrogens with one attached hydrogen (secondary N) is 4. The predicted molar refractivity (Wildman–Crippen MR) is 47.3 cm³/mol. The minimum absolute atomic E-state index is 0.201. The minimum Gasteiger partial charge on any atom is -0.338 e. The van der Waals surface area contributed by atoms with Gasteiger partial charge in [0.05, 0.1) is 12.2 Å². The second-order valence-corrected chi connectivity index (χ2v) is 2.50. The van der Waals surface area contributed by atoms with E-state index in [0.29, 0.717) is 18.8 Å². The fourth-order valence-electron chi connectivity index (χ4n) is 0.866. The number of rotatable bonds is 3. The van der Waals surface area contributed by atoms with Crippen molar-refractivity contribution in [3.05, 3.63) is 22.1 Å². The summed E-state index contributed by atoms with van der Waals surface area (Å²) in [7, 11) is 0. The van der Waals surface area contributed by atoms with Crippen molar-refractivity contribution in [1.29, 1.82) is 0 Å². The van der Waals surface area contributed by atoms with E-state index >= 15 is 0 Å². The summed E-state index contributed by atoms with van der Waals surface area (Å²) >= 11 is 0. The van der Waals surface area contributed by atoms with Gasteiger partial charge in [0.1, 0.15) is 0 Å². The smallest absolute Gasteiger partial charge is 0.315 e. The maximum Gasteiger partial charge on any atom is 0.315 e. The summed E-state index contributed by atoms with van der Waals surface area (Å²) in [5, 5.41) is 10.1. The summed E-state index contributed by atoms with van der Waals surface area (Å²) in [5.41, 5.74) is 0.448. The molecule has 0 unspecified atom stereocenters. The molecule has 0 saturated carbocycles. The van der Waals surface area contributed by atoms with E-state index in [1.807, 2.05) is 6.92 Å². The first-order chi connectivity index (χ1) is 6.22. The zero-order valence-electron chi connectivity index (χ0n) is 7.31. The van der Waals surface area contributed by atoms with E-state index in [9.17, 15) is 9.59 Å². The zero-order valence-corrected chi connectivity index (χ0v) is 7.31. The number of hydrogen-bond donors (Lipinski definition) is 4. The maximum absolute atomic E-state index is 10.9. The van der Waals surface area contributed by atoms with Gasteiger partial charge in [0.25, 0.3) is 5.56 Å². The molecule has 1 aromatic rings. The van der Waals surface area contributed by atoms with E-state index in [1.165, 1.54) is 6.07 Å². The van der Waals surface area contributed by atoms with Crippen LogP contribution in [0.25, 0.3) is 0 Å². The lowest BCUT2D eigenvalue weighted by Crippen LogP contribution is -2.34. The molecule has 0 saturated heterocycles. The molecular weight excluding hydrogens is 172 g/mol. The third-order valence-electron chi connectivity index (χ3n) is 1.43. The topological polar surface area (TPSA) is 89.8 Å². The Morgan fingerprint density at radius 1 is 1.46 bits per heavy atom. The number of aromatic nitrogens is 2. The van der Waals surface area contributed by atoms with Crippen LogP contribution in [0.1, 0.15) is 12.6 Å². The Morgan fingerprint density at radius 2 is 2.23 bits per heavy atom. The molecular formula is C7H12N4O2. The Hall–Kier alpha value is -1.72. The average molecular weight is 184 g/mol. The molecule has 0 aliphatic rings. The molecule has 0 aliphatic carbocycles. The van der Waals surface area contributed by atoms with Gasteiger partial charge in [-0.1, -0.05) is 0 Å². The highest BCUT2D eigenvalue weighted by atomic mass is 16.2. The van der Waals surface area contributed by atoms with Crippen molar-refractivity contribution in [1.82, 2.24) is 20.8 Å². The van der Waals surface area contributed by atoms with Gasteiger partial charge in [0, 0.05) is 12.6 Å². The van der Waals surface area contributed by atoms with Crippen LogP contribution < -0.4 is 16.2 Å². The fourth-order valence-corrected chi connectivity index (χ4v) is 0.866. The predicted octanol–water partition coefficient (Wildman–Crippen LogP) is -0.478. The zero-order chi connectivity index (χ0) is 9.68. The molecule has 0 bridgehead atoms. The number of amides is 2. The molecule has 0 radical (unpaired) electrons. The Morgan fingerprint density at radius 3 is 2.77 bits per heavy atom. The summed E-state index contributed by atoms with van der Waals surface area (Å²) in [5.74, 6) is 0. The van der Waals surface area contributed by atoms with Crippen molar-refractivity contribution < 1.29 is 4.79 Å². The number of aromatic amines is 2. The minimum atomic E-state index is -0.246. The first kappa shape index (κ1) is 9.37. The second-order valence-electron chi connectivity index (χ2n) is 2.50. The van der Waals surface area contributed by atoms with Crippen LogP contribution in [0.15, 0.2) is 10.9 Å². The van der Waals surface area contributed by atoms with Crippen LogP contribution in [0.3, 0.4) is 0 Å². The number of H-pyrrole nitrogens is 2. The van der Waals surface area contributed by atoms with Gasteiger partial charge in [0.2, 0.25) is 0 Å². The summed E-state index contributed by atoms with van der Waals surface area (Å²) in [6.45, 7) is 2.72. The first-order valence-electron chi connectivity index (χ1n) is 4.00. The van der Waals surface area contributed by atoms with Gasteiger partial charge in [0.15, 0.2) is 0 Å². The Labute approximate surface area is 74.7 Å². The van der Waals surface area contributed by atoms with Gasteiger partial charge < -0.3 is 15.7 Å². The van der Waals surface area contributed by atoms with Crippen LogP contribution in [-0.2, 0) is 6.54 Å². The van der Waals surface area contributed by atoms with Crippen LogP contribution in [0, 0.1) is 0 Å². The summed E-state index contributed by atoms with van der Waals surface area (Å²) in [6.07, 6.45) is 0. The van der Waals surface area contributed by atoms with Crippen molar-refractivity contribution in [3.8, 4) is 0 Å².